The summed E-state index contributed by atoms with van der Waals surface area (Å²) in [6, 6.07) is 0.255. The van der Waals surface area contributed by atoms with E-state index >= 15 is 0 Å². The van der Waals surface area contributed by atoms with E-state index in [4.69, 9.17) is 4.99 Å². The van der Waals surface area contributed by atoms with Crippen molar-refractivity contribution in [3.8, 4) is 0 Å². The molecule has 0 radical (unpaired) electrons. The van der Waals surface area contributed by atoms with Gasteiger partial charge >= 0.3 is 0 Å². The predicted octanol–water partition coefficient (Wildman–Crippen LogP) is 2.19. The van der Waals surface area contributed by atoms with Crippen molar-refractivity contribution >= 4 is 11.9 Å². The Hall–Kier alpha value is -1.29. The highest BCUT2D eigenvalue weighted by molar-refractivity contribution is 5.99. The maximum absolute atomic E-state index is 13.5. The third-order valence-electron chi connectivity index (χ3n) is 6.84. The van der Waals surface area contributed by atoms with E-state index in [-0.39, 0.29) is 41.2 Å². The van der Waals surface area contributed by atoms with E-state index in [1.54, 1.807) is 0 Å². The number of nitrogens with zero attached hydrogens (tertiary/aromatic N) is 2. The van der Waals surface area contributed by atoms with Crippen LogP contribution in [0.25, 0.3) is 0 Å². The van der Waals surface area contributed by atoms with E-state index in [0.717, 1.165) is 25.7 Å². The van der Waals surface area contributed by atoms with Gasteiger partial charge in [0.25, 0.3) is 0 Å². The second-order valence-corrected chi connectivity index (χ2v) is 11.9. The van der Waals surface area contributed by atoms with Crippen molar-refractivity contribution in [1.82, 2.24) is 31.9 Å². The van der Waals surface area contributed by atoms with E-state index in [1.165, 1.54) is 0 Å². The summed E-state index contributed by atoms with van der Waals surface area (Å²) in [5, 5.41) is 8.31. The number of guanidine groups is 1. The molecule has 32 heavy (non-hydrogen) atoms. The monoisotopic (exact) mass is 453 g/mol. The van der Waals surface area contributed by atoms with Crippen LogP contribution in [0.4, 0.5) is 4.39 Å². The second kappa shape index (κ2) is 9.91. The molecule has 184 valence electrons. The van der Waals surface area contributed by atoms with Gasteiger partial charge in [0.2, 0.25) is 5.91 Å². The van der Waals surface area contributed by atoms with Gasteiger partial charge in [-0.2, -0.15) is 0 Å². The molecule has 0 bridgehead atoms. The highest BCUT2D eigenvalue weighted by Crippen LogP contribution is 2.31. The van der Waals surface area contributed by atoms with Gasteiger partial charge in [0.1, 0.15) is 18.4 Å². The number of rotatable bonds is 3. The fourth-order valence-corrected chi connectivity index (χ4v) is 4.84. The Balaban J connectivity index is 1.63. The first kappa shape index (κ1) is 25.3. The third-order valence-corrected chi connectivity index (χ3v) is 6.84. The van der Waals surface area contributed by atoms with E-state index in [9.17, 15) is 9.18 Å². The summed E-state index contributed by atoms with van der Waals surface area (Å²) in [5.74, 6) is 0.893. The molecule has 1 saturated carbocycles. The van der Waals surface area contributed by atoms with Gasteiger partial charge in [-0.25, -0.2) is 19.8 Å². The molecule has 8 nitrogen and oxygen atoms in total. The van der Waals surface area contributed by atoms with Gasteiger partial charge in [-0.05, 0) is 64.2 Å². The molecule has 2 saturated heterocycles. The Kier molecular flexibility index (Phi) is 7.85. The quantitative estimate of drug-likeness (QED) is 0.332. The van der Waals surface area contributed by atoms with Crippen molar-refractivity contribution in [3.05, 3.63) is 0 Å². The largest absolute Gasteiger partial charge is 0.351 e. The fourth-order valence-electron chi connectivity index (χ4n) is 4.84. The third kappa shape index (κ3) is 6.85. The van der Waals surface area contributed by atoms with Crippen LogP contribution in [-0.4, -0.2) is 59.9 Å². The van der Waals surface area contributed by atoms with Crippen LogP contribution in [0, 0.1) is 11.3 Å². The summed E-state index contributed by atoms with van der Waals surface area (Å²) < 4.78 is 13.5. The Bertz CT molecular complexity index is 679. The van der Waals surface area contributed by atoms with Crippen molar-refractivity contribution in [3.63, 3.8) is 0 Å². The summed E-state index contributed by atoms with van der Waals surface area (Å²) in [6.45, 7) is 12.7. The lowest BCUT2D eigenvalue weighted by Gasteiger charge is -2.28. The van der Waals surface area contributed by atoms with Gasteiger partial charge < -0.3 is 5.32 Å². The van der Waals surface area contributed by atoms with Crippen LogP contribution >= 0.6 is 0 Å². The molecule has 0 aromatic rings. The summed E-state index contributed by atoms with van der Waals surface area (Å²) in [7, 11) is 1.92. The standard InChI is InChI=1S/C23H44FN7O/c1-22(2,3)18-13-17(31(7)30-18)20(32)26-21(27-23(4,5)6)25-19-12-16(28-29-19)14-8-10-15(24)11-9-14/h14-19,28-30H,8-13H2,1-7H3,(H2,25,26,27,32). The smallest absolute Gasteiger partial charge is 0.245 e. The highest BCUT2D eigenvalue weighted by Gasteiger charge is 2.40. The lowest BCUT2D eigenvalue weighted by molar-refractivity contribution is -0.124. The minimum absolute atomic E-state index is 0.0639. The molecule has 2 heterocycles. The number of aliphatic imine (C=N–C) groups is 1. The minimum Gasteiger partial charge on any atom is -0.351 e. The zero-order valence-electron chi connectivity index (χ0n) is 20.9. The number of hydrogen-bond donors (Lipinski definition) is 5. The molecule has 0 spiro atoms. The molecule has 3 fully saturated rings. The lowest BCUT2D eigenvalue weighted by atomic mass is 9.82. The molecular weight excluding hydrogens is 409 g/mol. The maximum atomic E-state index is 13.5. The molecule has 0 aromatic carbocycles. The molecular formula is C23H44FN7O. The molecule has 9 heteroatoms. The number of hydrazine groups is 2. The van der Waals surface area contributed by atoms with Gasteiger partial charge in [0.05, 0.1) is 0 Å². The van der Waals surface area contributed by atoms with Gasteiger partial charge in [0.15, 0.2) is 5.96 Å². The topological polar surface area (TPSA) is 92.8 Å². The molecule has 1 aliphatic carbocycles. The van der Waals surface area contributed by atoms with Crippen molar-refractivity contribution in [1.29, 1.82) is 0 Å². The maximum Gasteiger partial charge on any atom is 0.245 e. The molecule has 5 N–H and O–H groups in total. The van der Waals surface area contributed by atoms with Crippen LogP contribution in [0.5, 0.6) is 0 Å². The van der Waals surface area contributed by atoms with Crippen LogP contribution < -0.4 is 26.9 Å². The average Bonchev–Trinajstić information content (AvgIpc) is 3.27. The second-order valence-electron chi connectivity index (χ2n) is 11.9. The van der Waals surface area contributed by atoms with E-state index in [0.29, 0.717) is 24.7 Å². The van der Waals surface area contributed by atoms with Crippen molar-refractivity contribution < 1.29 is 9.18 Å². The summed E-state index contributed by atoms with van der Waals surface area (Å²) >= 11 is 0. The van der Waals surface area contributed by atoms with E-state index in [2.05, 4.69) is 47.7 Å². The molecule has 3 rings (SSSR count). The molecule has 0 aromatic heterocycles. The number of alkyl halides is 1. The van der Waals surface area contributed by atoms with Crippen LogP contribution in [0.1, 0.15) is 80.1 Å². The summed E-state index contributed by atoms with van der Waals surface area (Å²) in [5.41, 5.74) is 9.88. The highest BCUT2D eigenvalue weighted by atomic mass is 19.1. The van der Waals surface area contributed by atoms with Crippen molar-refractivity contribution in [2.24, 2.45) is 16.3 Å². The van der Waals surface area contributed by atoms with Crippen LogP contribution in [-0.2, 0) is 4.79 Å². The van der Waals surface area contributed by atoms with Crippen molar-refractivity contribution in [2.75, 3.05) is 7.05 Å². The zero-order valence-corrected chi connectivity index (χ0v) is 20.9. The predicted molar refractivity (Wildman–Crippen MR) is 126 cm³/mol. The Morgan fingerprint density at radius 1 is 1.03 bits per heavy atom. The lowest BCUT2D eigenvalue weighted by Crippen LogP contribution is -2.54. The number of hydrogen-bond acceptors (Lipinski definition) is 6. The molecule has 1 amide bonds. The number of carbonyl (C=O) groups excluding carboxylic acids is 1. The van der Waals surface area contributed by atoms with E-state index < -0.39 is 6.17 Å². The SMILES string of the molecule is CN1NC(C(C)(C)C)CC1C(=O)N/C(=N/C1CC(C2CCC(F)CC2)NN1)NC(C)(C)C. The normalized spacial score (nSPS) is 35.2. The molecule has 4 unspecified atom stereocenters. The number of amides is 1. The first-order valence-corrected chi connectivity index (χ1v) is 12.1. The first-order valence-electron chi connectivity index (χ1n) is 12.1. The Morgan fingerprint density at radius 3 is 2.25 bits per heavy atom. The molecule has 4 atom stereocenters. The van der Waals surface area contributed by atoms with Crippen LogP contribution in [0.2, 0.25) is 0 Å². The minimum atomic E-state index is -0.645. The molecule has 3 aliphatic rings. The van der Waals surface area contributed by atoms with Gasteiger partial charge in [0, 0.05) is 31.1 Å². The first-order chi connectivity index (χ1) is 14.8. The van der Waals surface area contributed by atoms with E-state index in [1.807, 2.05) is 32.8 Å². The van der Waals surface area contributed by atoms with Crippen molar-refractivity contribution in [2.45, 2.75) is 116 Å². The number of carbonyl (C=O) groups is 1. The van der Waals surface area contributed by atoms with Crippen LogP contribution in [0.3, 0.4) is 0 Å². The Morgan fingerprint density at radius 2 is 1.69 bits per heavy atom. The Labute approximate surface area is 192 Å². The zero-order chi connectivity index (χ0) is 23.7. The molecule has 2 aliphatic heterocycles. The number of likely N-dealkylation sites (N-methyl/N-ethyl adjacent to an activating group) is 1. The fraction of sp³-hybridized carbons (Fsp3) is 0.913. The van der Waals surface area contributed by atoms with Gasteiger partial charge in [-0.3, -0.25) is 21.0 Å². The van der Waals surface area contributed by atoms with Crippen LogP contribution in [0.15, 0.2) is 4.99 Å². The average molecular weight is 454 g/mol. The summed E-state index contributed by atoms with van der Waals surface area (Å²) in [6.07, 6.45) is 3.92. The number of halogens is 1. The number of nitrogens with one attached hydrogen (secondary N) is 5. The van der Waals surface area contributed by atoms with Gasteiger partial charge in [-0.15, -0.1) is 0 Å². The summed E-state index contributed by atoms with van der Waals surface area (Å²) in [4.78, 5) is 18.0. The van der Waals surface area contributed by atoms with Gasteiger partial charge in [-0.1, -0.05) is 20.8 Å².